The van der Waals surface area contributed by atoms with Gasteiger partial charge in [-0.1, -0.05) is 78.3 Å². The topological polar surface area (TPSA) is 187 Å². The Hall–Kier alpha value is -6.18. The van der Waals surface area contributed by atoms with Crippen LogP contribution < -0.4 is 21.3 Å². The van der Waals surface area contributed by atoms with Gasteiger partial charge in [0.2, 0.25) is 0 Å². The molecule has 0 atom stereocenters. The average molecular weight is 789 g/mol. The van der Waals surface area contributed by atoms with Crippen LogP contribution in [0, 0.1) is 0 Å². The fourth-order valence-corrected chi connectivity index (χ4v) is 5.06. The molecule has 4 amide bonds. The Labute approximate surface area is 335 Å². The SMILES string of the molecule is C=C(C)C(=O)OCC(CC)(COC(=O)C(=C)C)NC(=O)Nc1cccc(C(C)(C)c2cccc(NC(=O)NC(CC)(COC(=O)C(=C)C)COC(=O)C(=C)C)c2)c1. The maximum Gasteiger partial charge on any atom is 0.333 e. The van der Waals surface area contributed by atoms with Gasteiger partial charge in [-0.15, -0.1) is 0 Å². The number of urea groups is 2. The molecular weight excluding hydrogens is 732 g/mol. The van der Waals surface area contributed by atoms with Crippen molar-refractivity contribution in [3.05, 3.63) is 108 Å². The fourth-order valence-electron chi connectivity index (χ4n) is 5.06. The molecule has 14 nitrogen and oxygen atoms in total. The monoisotopic (exact) mass is 788 g/mol. The fraction of sp³-hybridized carbons (Fsp3) is 0.395. The first-order chi connectivity index (χ1) is 26.6. The first-order valence-electron chi connectivity index (χ1n) is 18.3. The predicted molar refractivity (Wildman–Crippen MR) is 218 cm³/mol. The van der Waals surface area contributed by atoms with Crippen LogP contribution in [-0.2, 0) is 43.5 Å². The van der Waals surface area contributed by atoms with E-state index in [4.69, 9.17) is 18.9 Å². The van der Waals surface area contributed by atoms with Crippen LogP contribution in [0.5, 0.6) is 0 Å². The minimum absolute atomic E-state index is 0.170. The summed E-state index contributed by atoms with van der Waals surface area (Å²) in [6.07, 6.45) is 0.486. The second kappa shape index (κ2) is 20.7. The molecule has 0 bridgehead atoms. The van der Waals surface area contributed by atoms with Crippen LogP contribution >= 0.6 is 0 Å². The lowest BCUT2D eigenvalue weighted by Gasteiger charge is -2.33. The van der Waals surface area contributed by atoms with Crippen molar-refractivity contribution in [2.75, 3.05) is 37.1 Å². The number of nitrogens with one attached hydrogen (secondary N) is 4. The number of hydrogen-bond acceptors (Lipinski definition) is 10. The van der Waals surface area contributed by atoms with Gasteiger partial charge in [0.1, 0.15) is 37.5 Å². The smallest absolute Gasteiger partial charge is 0.333 e. The molecule has 0 spiro atoms. The third-order valence-corrected chi connectivity index (χ3v) is 9.11. The Morgan fingerprint density at radius 1 is 0.526 bits per heavy atom. The molecule has 0 saturated heterocycles. The van der Waals surface area contributed by atoms with E-state index in [9.17, 15) is 28.8 Å². The first-order valence-corrected chi connectivity index (χ1v) is 18.3. The summed E-state index contributed by atoms with van der Waals surface area (Å²) in [5, 5.41) is 11.3. The maximum atomic E-state index is 13.4. The van der Waals surface area contributed by atoms with E-state index in [1.807, 2.05) is 26.0 Å². The van der Waals surface area contributed by atoms with Crippen molar-refractivity contribution in [3.8, 4) is 0 Å². The summed E-state index contributed by atoms with van der Waals surface area (Å²) in [5.74, 6) is -2.64. The van der Waals surface area contributed by atoms with Crippen molar-refractivity contribution in [1.29, 1.82) is 0 Å². The van der Waals surface area contributed by atoms with Crippen molar-refractivity contribution in [3.63, 3.8) is 0 Å². The van der Waals surface area contributed by atoms with Gasteiger partial charge in [0.25, 0.3) is 0 Å². The molecule has 0 aliphatic carbocycles. The van der Waals surface area contributed by atoms with Crippen LogP contribution in [-0.4, -0.2) is 73.4 Å². The zero-order chi connectivity index (χ0) is 43.1. The van der Waals surface area contributed by atoms with Gasteiger partial charge in [0.05, 0.1) is 0 Å². The standard InChI is InChI=1S/C43H56N4O10/c1-13-42(23-54-35(48)27(3)4,24-55-36(49)28(5)6)46-39(52)44-33-19-15-17-31(21-33)41(11,12)32-18-16-20-34(22-32)45-40(53)47-43(14-2,25-56-37(50)29(7)8)26-57-38(51)30(9)10/h15-22H,3,5,7,9,13-14,23-26H2,1-2,4,6,8,10-12H3,(H2,44,46,52)(H2,45,47,53). The number of carbonyl (C=O) groups excluding carboxylic acids is 6. The summed E-state index contributed by atoms with van der Waals surface area (Å²) in [6, 6.07) is 13.1. The average Bonchev–Trinajstić information content (AvgIpc) is 3.16. The molecule has 0 heterocycles. The summed E-state index contributed by atoms with van der Waals surface area (Å²) in [7, 11) is 0. The summed E-state index contributed by atoms with van der Waals surface area (Å²) in [5.41, 5.74) is 0.0325. The van der Waals surface area contributed by atoms with Crippen molar-refractivity contribution < 1.29 is 47.7 Å². The van der Waals surface area contributed by atoms with Gasteiger partial charge in [-0.05, 0) is 75.9 Å². The maximum absolute atomic E-state index is 13.4. The van der Waals surface area contributed by atoms with Gasteiger partial charge in [-0.25, -0.2) is 28.8 Å². The number of rotatable bonds is 20. The molecule has 0 radical (unpaired) electrons. The number of esters is 4. The Kier molecular flexibility index (Phi) is 17.0. The first kappa shape index (κ1) is 47.0. The summed E-state index contributed by atoms with van der Waals surface area (Å²) in [4.78, 5) is 75.7. The quantitative estimate of drug-likeness (QED) is 0.0616. The molecular formula is C43H56N4O10. The molecule has 0 aromatic heterocycles. The lowest BCUT2D eigenvalue weighted by atomic mass is 9.78. The van der Waals surface area contributed by atoms with Crippen molar-refractivity contribution in [1.82, 2.24) is 10.6 Å². The lowest BCUT2D eigenvalue weighted by Crippen LogP contribution is -2.56. The summed E-state index contributed by atoms with van der Waals surface area (Å²) in [6.45, 7) is 26.6. The molecule has 2 rings (SSSR count). The van der Waals surface area contributed by atoms with Crippen LogP contribution in [0.4, 0.5) is 21.0 Å². The molecule has 0 fully saturated rings. The highest BCUT2D eigenvalue weighted by atomic mass is 16.6. The highest BCUT2D eigenvalue weighted by Crippen LogP contribution is 2.34. The van der Waals surface area contributed by atoms with E-state index in [1.165, 1.54) is 27.7 Å². The highest BCUT2D eigenvalue weighted by Gasteiger charge is 2.36. The van der Waals surface area contributed by atoms with Crippen LogP contribution in [0.1, 0.15) is 79.4 Å². The van der Waals surface area contributed by atoms with E-state index >= 15 is 0 Å². The molecule has 308 valence electrons. The molecule has 14 heteroatoms. The van der Waals surface area contributed by atoms with Crippen LogP contribution in [0.25, 0.3) is 0 Å². The summed E-state index contributed by atoms with van der Waals surface area (Å²) >= 11 is 0. The molecule has 0 saturated carbocycles. The molecule has 2 aromatic carbocycles. The number of ether oxygens (including phenoxy) is 4. The summed E-state index contributed by atoms with van der Waals surface area (Å²) < 4.78 is 21.5. The van der Waals surface area contributed by atoms with Gasteiger partial charge in [-0.2, -0.15) is 0 Å². The van der Waals surface area contributed by atoms with Gasteiger partial charge in [0.15, 0.2) is 0 Å². The molecule has 2 aromatic rings. The van der Waals surface area contributed by atoms with Crippen LogP contribution in [0.15, 0.2) is 97.1 Å². The number of benzene rings is 2. The normalized spacial score (nSPS) is 11.2. The van der Waals surface area contributed by atoms with Gasteiger partial charge in [-0.3, -0.25) is 0 Å². The molecule has 57 heavy (non-hydrogen) atoms. The Morgan fingerprint density at radius 2 is 0.807 bits per heavy atom. The van der Waals surface area contributed by atoms with Crippen LogP contribution in [0.3, 0.4) is 0 Å². The Balaban J connectivity index is 2.30. The molecule has 0 aliphatic heterocycles. The van der Waals surface area contributed by atoms with Crippen LogP contribution in [0.2, 0.25) is 0 Å². The van der Waals surface area contributed by atoms with E-state index in [-0.39, 0.29) is 61.6 Å². The van der Waals surface area contributed by atoms with E-state index in [0.717, 1.165) is 11.1 Å². The molecule has 4 N–H and O–H groups in total. The molecule has 0 unspecified atom stereocenters. The number of amides is 4. The lowest BCUT2D eigenvalue weighted by molar-refractivity contribution is -0.147. The minimum Gasteiger partial charge on any atom is -0.460 e. The van der Waals surface area contributed by atoms with Gasteiger partial charge >= 0.3 is 35.9 Å². The van der Waals surface area contributed by atoms with E-state index < -0.39 is 52.4 Å². The molecule has 0 aliphatic rings. The van der Waals surface area contributed by atoms with E-state index in [2.05, 4.69) is 47.6 Å². The third-order valence-electron chi connectivity index (χ3n) is 9.11. The van der Waals surface area contributed by atoms with Crippen molar-refractivity contribution in [2.45, 2.75) is 84.7 Å². The second-order valence-corrected chi connectivity index (χ2v) is 14.6. The number of anilines is 2. The van der Waals surface area contributed by atoms with E-state index in [1.54, 1.807) is 50.2 Å². The number of hydrogen-bond donors (Lipinski definition) is 4. The third kappa shape index (κ3) is 14.1. The number of carbonyl (C=O) groups is 6. The van der Waals surface area contributed by atoms with Crippen molar-refractivity contribution in [2.24, 2.45) is 0 Å². The zero-order valence-electron chi connectivity index (χ0n) is 34.3. The van der Waals surface area contributed by atoms with Gasteiger partial charge < -0.3 is 40.2 Å². The van der Waals surface area contributed by atoms with Crippen molar-refractivity contribution >= 4 is 47.3 Å². The van der Waals surface area contributed by atoms with Gasteiger partial charge in [0, 0.05) is 39.1 Å². The minimum atomic E-state index is -1.27. The second-order valence-electron chi connectivity index (χ2n) is 14.6. The highest BCUT2D eigenvalue weighted by molar-refractivity contribution is 5.92. The Morgan fingerprint density at radius 3 is 1.05 bits per heavy atom. The zero-order valence-corrected chi connectivity index (χ0v) is 34.3. The predicted octanol–water partition coefficient (Wildman–Crippen LogP) is 7.03. The largest absolute Gasteiger partial charge is 0.460 e. The Bertz CT molecular complexity index is 1700. The van der Waals surface area contributed by atoms with E-state index in [0.29, 0.717) is 11.4 Å².